The standard InChI is InChI=1S/C9H18BrClO2Si.C7H11BrO2/c1-9(2,10)8(12)13-6-5-7-14(3,4)11;1-4-5-10-6(9)7(2,3)8/h5-7H2,1-4H3;4H,1,5H2,2-3H3. The Labute approximate surface area is 168 Å². The highest BCUT2D eigenvalue weighted by atomic mass is 79.9. The van der Waals surface area contributed by atoms with Crippen molar-refractivity contribution in [1.82, 2.24) is 0 Å². The summed E-state index contributed by atoms with van der Waals surface area (Å²) in [7, 11) is -1.51. The third-order valence-electron chi connectivity index (χ3n) is 2.45. The summed E-state index contributed by atoms with van der Waals surface area (Å²) < 4.78 is 8.66. The monoisotopic (exact) mass is 506 g/mol. The van der Waals surface area contributed by atoms with Crippen LogP contribution in [0, 0.1) is 0 Å². The molecule has 0 radical (unpaired) electrons. The van der Waals surface area contributed by atoms with Crippen molar-refractivity contribution in [3.63, 3.8) is 0 Å². The third kappa shape index (κ3) is 17.0. The summed E-state index contributed by atoms with van der Waals surface area (Å²) in [5.74, 6) is -0.487. The van der Waals surface area contributed by atoms with Gasteiger partial charge in [-0.15, -0.1) is 0 Å². The number of carbonyl (C=O) groups is 2. The van der Waals surface area contributed by atoms with Gasteiger partial charge >= 0.3 is 11.9 Å². The van der Waals surface area contributed by atoms with Crippen molar-refractivity contribution >= 4 is 62.3 Å². The van der Waals surface area contributed by atoms with Crippen LogP contribution in [0.3, 0.4) is 0 Å². The molecular weight excluding hydrogens is 480 g/mol. The highest BCUT2D eigenvalue weighted by Gasteiger charge is 2.26. The lowest BCUT2D eigenvalue weighted by Gasteiger charge is -2.16. The number of carbonyl (C=O) groups excluding carboxylic acids is 2. The third-order valence-corrected chi connectivity index (χ3v) is 5.21. The Balaban J connectivity index is 0. The van der Waals surface area contributed by atoms with Gasteiger partial charge in [0.05, 0.1) is 6.61 Å². The molecule has 142 valence electrons. The van der Waals surface area contributed by atoms with Crippen LogP contribution >= 0.6 is 42.9 Å². The second-order valence-corrected chi connectivity index (χ2v) is 17.8. The summed E-state index contributed by atoms with van der Waals surface area (Å²) in [5.41, 5.74) is 0. The van der Waals surface area contributed by atoms with Crippen LogP contribution in [0.15, 0.2) is 12.7 Å². The molecule has 4 nitrogen and oxygen atoms in total. The number of halogens is 3. The van der Waals surface area contributed by atoms with E-state index in [0.29, 0.717) is 6.61 Å². The van der Waals surface area contributed by atoms with Gasteiger partial charge in [-0.1, -0.05) is 57.6 Å². The van der Waals surface area contributed by atoms with E-state index in [0.717, 1.165) is 12.5 Å². The van der Waals surface area contributed by atoms with E-state index in [1.54, 1.807) is 27.7 Å². The zero-order valence-corrected chi connectivity index (χ0v) is 20.3. The van der Waals surface area contributed by atoms with Crippen LogP contribution in [0.25, 0.3) is 0 Å². The van der Waals surface area contributed by atoms with Gasteiger partial charge in [0.15, 0.2) is 7.38 Å². The second kappa shape index (κ2) is 11.7. The molecule has 0 N–H and O–H groups in total. The summed E-state index contributed by atoms with van der Waals surface area (Å²) in [6, 6.07) is 0.977. The van der Waals surface area contributed by atoms with Crippen LogP contribution < -0.4 is 0 Å². The maximum Gasteiger partial charge on any atom is 0.322 e. The molecule has 0 aromatic carbocycles. The maximum absolute atomic E-state index is 11.3. The average Bonchev–Trinajstić information content (AvgIpc) is 2.38. The largest absolute Gasteiger partial charge is 0.465 e. The molecular formula is C16H29Br2ClO4Si. The van der Waals surface area contributed by atoms with E-state index in [9.17, 15) is 9.59 Å². The van der Waals surface area contributed by atoms with Crippen molar-refractivity contribution in [2.24, 2.45) is 0 Å². The Morgan fingerprint density at radius 2 is 1.50 bits per heavy atom. The highest BCUT2D eigenvalue weighted by Crippen LogP contribution is 2.19. The van der Waals surface area contributed by atoms with Crippen molar-refractivity contribution in [3.8, 4) is 0 Å². The van der Waals surface area contributed by atoms with Crippen LogP contribution in [0.5, 0.6) is 0 Å². The molecule has 0 aromatic heterocycles. The van der Waals surface area contributed by atoms with Crippen LogP contribution in [0.4, 0.5) is 0 Å². The molecule has 0 atom stereocenters. The van der Waals surface area contributed by atoms with E-state index >= 15 is 0 Å². The number of esters is 2. The molecule has 24 heavy (non-hydrogen) atoms. The molecule has 0 aliphatic heterocycles. The number of ether oxygens (including phenoxy) is 2. The molecule has 0 saturated carbocycles. The van der Waals surface area contributed by atoms with E-state index in [4.69, 9.17) is 20.6 Å². The Kier molecular flexibility index (Phi) is 12.9. The molecule has 0 aromatic rings. The molecule has 0 aliphatic rings. The molecule has 0 bridgehead atoms. The minimum Gasteiger partial charge on any atom is -0.465 e. The highest BCUT2D eigenvalue weighted by molar-refractivity contribution is 9.10. The van der Waals surface area contributed by atoms with Crippen molar-refractivity contribution in [1.29, 1.82) is 0 Å². The Morgan fingerprint density at radius 3 is 1.83 bits per heavy atom. The van der Waals surface area contributed by atoms with Crippen molar-refractivity contribution in [2.45, 2.75) is 61.9 Å². The lowest BCUT2D eigenvalue weighted by atomic mass is 10.2. The fourth-order valence-corrected chi connectivity index (χ4v) is 2.75. The molecule has 0 amide bonds. The minimum atomic E-state index is -1.51. The maximum atomic E-state index is 11.3. The molecule has 0 saturated heterocycles. The number of alkyl halides is 2. The number of hydrogen-bond acceptors (Lipinski definition) is 4. The second-order valence-electron chi connectivity index (χ2n) is 6.79. The van der Waals surface area contributed by atoms with E-state index in [2.05, 4.69) is 51.5 Å². The quantitative estimate of drug-likeness (QED) is 0.110. The summed E-state index contributed by atoms with van der Waals surface area (Å²) in [5, 5.41) is 0. The normalized spacial score (nSPS) is 11.9. The summed E-state index contributed by atoms with van der Waals surface area (Å²) in [6.07, 6.45) is 2.40. The Bertz CT molecular complexity index is 410. The van der Waals surface area contributed by atoms with Gasteiger partial charge in [-0.25, -0.2) is 0 Å². The lowest BCUT2D eigenvalue weighted by molar-refractivity contribution is -0.145. The average molecular weight is 509 g/mol. The smallest absolute Gasteiger partial charge is 0.322 e. The van der Waals surface area contributed by atoms with Gasteiger partial charge in [0.25, 0.3) is 0 Å². The molecule has 0 unspecified atom stereocenters. The first-order chi connectivity index (χ1) is 10.6. The fraction of sp³-hybridized carbons (Fsp3) is 0.750. The SMILES string of the molecule is C=CCOC(=O)C(C)(C)Br.CC(C)(Br)C(=O)OCCC[Si](C)(C)Cl. The van der Waals surface area contributed by atoms with Crippen LogP contribution in [-0.4, -0.2) is 41.2 Å². The summed E-state index contributed by atoms with van der Waals surface area (Å²) in [6.45, 7) is 15.4. The van der Waals surface area contributed by atoms with Gasteiger partial charge in [0.1, 0.15) is 15.3 Å². The van der Waals surface area contributed by atoms with E-state index < -0.39 is 16.0 Å². The van der Waals surface area contributed by atoms with Gasteiger partial charge in [0.2, 0.25) is 0 Å². The van der Waals surface area contributed by atoms with Crippen LogP contribution in [-0.2, 0) is 19.1 Å². The number of rotatable bonds is 8. The van der Waals surface area contributed by atoms with E-state index in [-0.39, 0.29) is 18.5 Å². The molecule has 0 fully saturated rings. The number of hydrogen-bond donors (Lipinski definition) is 0. The van der Waals surface area contributed by atoms with E-state index in [1.165, 1.54) is 6.08 Å². The first-order valence-corrected chi connectivity index (χ1v) is 13.4. The van der Waals surface area contributed by atoms with E-state index in [1.807, 2.05) is 0 Å². The van der Waals surface area contributed by atoms with Gasteiger partial charge in [-0.05, 0) is 40.2 Å². The van der Waals surface area contributed by atoms with Crippen molar-refractivity contribution < 1.29 is 19.1 Å². The summed E-state index contributed by atoms with van der Waals surface area (Å²) in [4.78, 5) is 22.2. The van der Waals surface area contributed by atoms with Crippen molar-refractivity contribution in [2.75, 3.05) is 13.2 Å². The predicted octanol–water partition coefficient (Wildman–Crippen LogP) is 5.43. The van der Waals surface area contributed by atoms with Crippen LogP contribution in [0.2, 0.25) is 19.1 Å². The first kappa shape index (κ1) is 26.4. The molecule has 0 aliphatic carbocycles. The van der Waals surface area contributed by atoms with Crippen molar-refractivity contribution in [3.05, 3.63) is 12.7 Å². The molecule has 0 spiro atoms. The Morgan fingerprint density at radius 1 is 1.08 bits per heavy atom. The fourth-order valence-electron chi connectivity index (χ4n) is 1.14. The summed E-state index contributed by atoms with van der Waals surface area (Å²) >= 11 is 12.5. The molecule has 0 heterocycles. The van der Waals surface area contributed by atoms with Gasteiger partial charge in [0, 0.05) is 0 Å². The minimum absolute atomic E-state index is 0.216. The zero-order valence-electron chi connectivity index (χ0n) is 15.4. The lowest BCUT2D eigenvalue weighted by Crippen LogP contribution is -2.27. The van der Waals surface area contributed by atoms with Gasteiger partial charge in [-0.3, -0.25) is 9.59 Å². The van der Waals surface area contributed by atoms with Gasteiger partial charge in [-0.2, -0.15) is 11.1 Å². The zero-order chi connectivity index (χ0) is 19.6. The van der Waals surface area contributed by atoms with Crippen LogP contribution in [0.1, 0.15) is 34.1 Å². The topological polar surface area (TPSA) is 52.6 Å². The predicted molar refractivity (Wildman–Crippen MR) is 111 cm³/mol. The van der Waals surface area contributed by atoms with Gasteiger partial charge < -0.3 is 9.47 Å². The molecule has 0 rings (SSSR count). The molecule has 8 heteroatoms. The first-order valence-electron chi connectivity index (χ1n) is 7.63. The Hall–Kier alpha value is 0.147.